The minimum Gasteiger partial charge on any atom is -0.504 e. The Morgan fingerprint density at radius 3 is 2.85 bits per heavy atom. The molecule has 1 saturated heterocycles. The lowest BCUT2D eigenvalue weighted by molar-refractivity contribution is -0.134. The van der Waals surface area contributed by atoms with Crippen molar-refractivity contribution in [2.75, 3.05) is 24.4 Å². The molecule has 0 radical (unpaired) electrons. The summed E-state index contributed by atoms with van der Waals surface area (Å²) in [7, 11) is -3.98. The third-order valence-corrected chi connectivity index (χ3v) is 4.80. The van der Waals surface area contributed by atoms with Crippen LogP contribution in [0.15, 0.2) is 18.2 Å². The molecule has 1 amide bonds. The number of piperidine rings is 1. The molecule has 0 saturated carbocycles. The summed E-state index contributed by atoms with van der Waals surface area (Å²) in [5.74, 6) is 0.952. The zero-order valence-electron chi connectivity index (χ0n) is 15.6. The van der Waals surface area contributed by atoms with E-state index in [0.29, 0.717) is 31.2 Å². The molecule has 1 aliphatic rings. The topological polar surface area (TPSA) is 106 Å². The van der Waals surface area contributed by atoms with E-state index in [9.17, 15) is 13.2 Å². The number of nitrogens with zero attached hydrogens (tertiary/aromatic N) is 2. The van der Waals surface area contributed by atoms with Gasteiger partial charge in [0.15, 0.2) is 0 Å². The van der Waals surface area contributed by atoms with Crippen LogP contribution in [0.1, 0.15) is 33.1 Å². The van der Waals surface area contributed by atoms with Gasteiger partial charge in [-0.2, -0.15) is 8.42 Å². The van der Waals surface area contributed by atoms with E-state index >= 15 is 0 Å². The number of carbonyl (C=O) groups is 1. The number of likely N-dealkylation sites (tertiary alicyclic amines) is 1. The average Bonchev–Trinajstić information content (AvgIpc) is 2.58. The van der Waals surface area contributed by atoms with Crippen LogP contribution in [0, 0.1) is 18.4 Å². The fourth-order valence-electron chi connectivity index (χ4n) is 3.10. The Balaban J connectivity index is 2.03. The number of benzene rings is 1. The third-order valence-electron chi connectivity index (χ3n) is 4.29. The highest BCUT2D eigenvalue weighted by molar-refractivity contribution is 7.90. The monoisotopic (exact) mass is 394 g/mol. The molecule has 0 aliphatic carbocycles. The number of hydrogen-bond donors (Lipinski definition) is 2. The normalized spacial score (nSPS) is 17.4. The lowest BCUT2D eigenvalue weighted by atomic mass is 9.98. The second kappa shape index (κ2) is 9.06. The molecule has 0 aromatic heterocycles. The molecule has 2 rings (SSSR count). The summed E-state index contributed by atoms with van der Waals surface area (Å²) in [5.41, 5.74) is 0.150. The molecule has 0 spiro atoms. The van der Waals surface area contributed by atoms with Gasteiger partial charge in [0.1, 0.15) is 5.75 Å². The summed E-state index contributed by atoms with van der Waals surface area (Å²) in [6, 6.07) is 4.67. The third kappa shape index (κ3) is 6.41. The average molecular weight is 394 g/mol. The van der Waals surface area contributed by atoms with Crippen molar-refractivity contribution in [2.24, 2.45) is 17.0 Å². The van der Waals surface area contributed by atoms with Gasteiger partial charge in [-0.1, -0.05) is 19.9 Å². The molecule has 1 unspecified atom stereocenters. The minimum absolute atomic E-state index is 0.0649. The number of para-hydroxylation sites is 1. The predicted molar refractivity (Wildman–Crippen MR) is 104 cm³/mol. The first-order valence-corrected chi connectivity index (χ1v) is 10.5. The Bertz CT molecular complexity index is 817. The van der Waals surface area contributed by atoms with Crippen LogP contribution in [0.3, 0.4) is 0 Å². The van der Waals surface area contributed by atoms with E-state index in [0.717, 1.165) is 19.4 Å². The number of carbonyl (C=O) groups excluding carboxylic acids is 1. The van der Waals surface area contributed by atoms with Gasteiger partial charge in [0.05, 0.1) is 18.9 Å². The molecule has 3 N–H and O–H groups in total. The van der Waals surface area contributed by atoms with Gasteiger partial charge < -0.3 is 9.64 Å². The van der Waals surface area contributed by atoms with E-state index in [2.05, 4.69) is 9.57 Å². The van der Waals surface area contributed by atoms with Gasteiger partial charge in [-0.25, -0.2) is 9.98 Å². The van der Waals surface area contributed by atoms with Crippen molar-refractivity contribution in [3.8, 4) is 5.75 Å². The van der Waals surface area contributed by atoms with Crippen molar-refractivity contribution in [3.63, 3.8) is 0 Å². The number of ether oxygens (including phenoxy) is 1. The second-order valence-corrected chi connectivity index (χ2v) is 8.46. The number of rotatable bonds is 7. The standard InChI is InChI=1S/C18H26N4O4S/c1-13(2)10-17(23)22-9-5-6-14(11-22)12-26-16-8-4-7-15(18(16)20-3)21-27(19,24)25/h4,7-8,13-14,21H,5-6,9-12H2,1-2H3,(H2,19,24,25). The summed E-state index contributed by atoms with van der Waals surface area (Å²) in [5, 5.41) is 4.99. The Hall–Kier alpha value is -2.31. The van der Waals surface area contributed by atoms with Crippen LogP contribution in [-0.2, 0) is 15.0 Å². The fourth-order valence-corrected chi connectivity index (χ4v) is 3.57. The largest absolute Gasteiger partial charge is 0.504 e. The van der Waals surface area contributed by atoms with Gasteiger partial charge in [-0.15, -0.1) is 0 Å². The molecule has 148 valence electrons. The van der Waals surface area contributed by atoms with Crippen LogP contribution in [0.4, 0.5) is 11.4 Å². The van der Waals surface area contributed by atoms with Crippen molar-refractivity contribution in [1.82, 2.24) is 4.90 Å². The quantitative estimate of drug-likeness (QED) is 0.693. The molecule has 1 atom stereocenters. The molecule has 1 aromatic rings. The van der Waals surface area contributed by atoms with Crippen LogP contribution >= 0.6 is 0 Å². The lowest BCUT2D eigenvalue weighted by Crippen LogP contribution is -2.41. The number of anilines is 1. The van der Waals surface area contributed by atoms with E-state index in [4.69, 9.17) is 16.4 Å². The highest BCUT2D eigenvalue weighted by Crippen LogP contribution is 2.36. The van der Waals surface area contributed by atoms with Crippen LogP contribution in [0.25, 0.3) is 4.85 Å². The molecular weight excluding hydrogens is 368 g/mol. The minimum atomic E-state index is -3.98. The van der Waals surface area contributed by atoms with Crippen LogP contribution in [-0.4, -0.2) is 38.9 Å². The van der Waals surface area contributed by atoms with Gasteiger partial charge in [0.25, 0.3) is 15.9 Å². The van der Waals surface area contributed by atoms with Gasteiger partial charge in [-0.05, 0) is 30.9 Å². The molecule has 1 fully saturated rings. The maximum atomic E-state index is 12.3. The van der Waals surface area contributed by atoms with Crippen molar-refractivity contribution in [3.05, 3.63) is 29.6 Å². The summed E-state index contributed by atoms with van der Waals surface area (Å²) < 4.78 is 30.4. The zero-order valence-corrected chi connectivity index (χ0v) is 16.5. The number of amides is 1. The first-order valence-electron chi connectivity index (χ1n) is 8.91. The first kappa shape index (κ1) is 21.0. The Kier molecular flexibility index (Phi) is 7.05. The molecule has 8 nitrogen and oxygen atoms in total. The van der Waals surface area contributed by atoms with E-state index in [1.807, 2.05) is 18.7 Å². The summed E-state index contributed by atoms with van der Waals surface area (Å²) >= 11 is 0. The molecule has 0 bridgehead atoms. The molecule has 1 heterocycles. The van der Waals surface area contributed by atoms with Gasteiger partial charge >= 0.3 is 0 Å². The summed E-state index contributed by atoms with van der Waals surface area (Å²) in [6.07, 6.45) is 2.39. The van der Waals surface area contributed by atoms with Crippen LogP contribution in [0.2, 0.25) is 0 Å². The zero-order chi connectivity index (χ0) is 20.0. The maximum absolute atomic E-state index is 12.3. The Labute approximate surface area is 160 Å². The molecule has 1 aliphatic heterocycles. The smallest absolute Gasteiger partial charge is 0.295 e. The van der Waals surface area contributed by atoms with Crippen molar-refractivity contribution in [1.29, 1.82) is 0 Å². The molecule has 27 heavy (non-hydrogen) atoms. The SMILES string of the molecule is [C-]#[N+]c1c(NS(N)(=O)=O)cccc1OCC1CCCN(C(=O)CC(C)C)C1. The van der Waals surface area contributed by atoms with Crippen LogP contribution in [0.5, 0.6) is 5.75 Å². The van der Waals surface area contributed by atoms with Crippen molar-refractivity contribution in [2.45, 2.75) is 33.1 Å². The fraction of sp³-hybridized carbons (Fsp3) is 0.556. The van der Waals surface area contributed by atoms with Gasteiger partial charge in [-0.3, -0.25) is 9.52 Å². The lowest BCUT2D eigenvalue weighted by Gasteiger charge is -2.33. The Morgan fingerprint density at radius 2 is 2.22 bits per heavy atom. The molecule has 9 heteroatoms. The number of nitrogens with one attached hydrogen (secondary N) is 1. The number of nitrogens with two attached hydrogens (primary N) is 1. The summed E-state index contributed by atoms with van der Waals surface area (Å²) in [6.45, 7) is 13.1. The number of hydrogen-bond acceptors (Lipinski definition) is 4. The highest BCUT2D eigenvalue weighted by Gasteiger charge is 2.25. The highest BCUT2D eigenvalue weighted by atomic mass is 32.2. The predicted octanol–water partition coefficient (Wildman–Crippen LogP) is 2.52. The second-order valence-electron chi connectivity index (χ2n) is 7.17. The van der Waals surface area contributed by atoms with Crippen molar-refractivity contribution < 1.29 is 17.9 Å². The van der Waals surface area contributed by atoms with Gasteiger partial charge in [0, 0.05) is 25.4 Å². The molecule has 1 aromatic carbocycles. The van der Waals surface area contributed by atoms with Gasteiger partial charge in [0.2, 0.25) is 5.91 Å². The van der Waals surface area contributed by atoms with E-state index in [1.54, 1.807) is 12.1 Å². The van der Waals surface area contributed by atoms with Crippen molar-refractivity contribution >= 4 is 27.5 Å². The summed E-state index contributed by atoms with van der Waals surface area (Å²) in [4.78, 5) is 17.5. The molecular formula is C18H26N4O4S. The maximum Gasteiger partial charge on any atom is 0.295 e. The van der Waals surface area contributed by atoms with E-state index in [-0.39, 0.29) is 23.2 Å². The Morgan fingerprint density at radius 1 is 1.48 bits per heavy atom. The van der Waals surface area contributed by atoms with E-state index in [1.165, 1.54) is 6.07 Å². The van der Waals surface area contributed by atoms with E-state index < -0.39 is 10.2 Å². The van der Waals surface area contributed by atoms with Crippen LogP contribution < -0.4 is 14.6 Å². The first-order chi connectivity index (χ1) is 12.7.